The number of para-hydroxylation sites is 1. The average molecular weight is 353 g/mol. The molecule has 1 aromatic carbocycles. The largest absolute Gasteiger partial charge is 0.326 e. The Kier molecular flexibility index (Phi) is 6.40. The fraction of sp³-hybridized carbons (Fsp3) is 0.611. The molecule has 0 bridgehead atoms. The molecule has 1 fully saturated rings. The van der Waals surface area contributed by atoms with Gasteiger partial charge in [0.2, 0.25) is 15.9 Å². The molecule has 0 aromatic heterocycles. The maximum absolute atomic E-state index is 12.5. The number of sulfonamides is 1. The highest BCUT2D eigenvalue weighted by molar-refractivity contribution is 7.89. The molecule has 1 aromatic rings. The molecule has 0 saturated carbocycles. The zero-order valence-electron chi connectivity index (χ0n) is 14.8. The van der Waals surface area contributed by atoms with Crippen LogP contribution >= 0.6 is 0 Å². The van der Waals surface area contributed by atoms with Gasteiger partial charge in [-0.2, -0.15) is 0 Å². The average Bonchev–Trinajstić information content (AvgIpc) is 2.55. The predicted octanol–water partition coefficient (Wildman–Crippen LogP) is 3.20. The Morgan fingerprint density at radius 2 is 1.88 bits per heavy atom. The van der Waals surface area contributed by atoms with Crippen molar-refractivity contribution >= 4 is 21.6 Å². The first kappa shape index (κ1) is 18.9. The van der Waals surface area contributed by atoms with Crippen LogP contribution in [0.5, 0.6) is 0 Å². The summed E-state index contributed by atoms with van der Waals surface area (Å²) in [5, 5.41) is 3.03. The summed E-state index contributed by atoms with van der Waals surface area (Å²) < 4.78 is 25.7. The lowest BCUT2D eigenvalue weighted by Crippen LogP contribution is -2.42. The number of hydrogen-bond donors (Lipinski definition) is 1. The van der Waals surface area contributed by atoms with Crippen molar-refractivity contribution < 1.29 is 13.2 Å². The minimum atomic E-state index is -3.16. The Labute approximate surface area is 145 Å². The summed E-state index contributed by atoms with van der Waals surface area (Å²) >= 11 is 0. The number of amides is 1. The zero-order chi connectivity index (χ0) is 17.7. The van der Waals surface area contributed by atoms with Crippen LogP contribution < -0.4 is 5.32 Å². The van der Waals surface area contributed by atoms with Gasteiger partial charge >= 0.3 is 0 Å². The summed E-state index contributed by atoms with van der Waals surface area (Å²) in [5.74, 6) is 0.391. The van der Waals surface area contributed by atoms with E-state index in [1.54, 1.807) is 0 Å². The molecule has 0 aliphatic carbocycles. The molecule has 5 nitrogen and oxygen atoms in total. The molecule has 24 heavy (non-hydrogen) atoms. The van der Waals surface area contributed by atoms with E-state index in [0.717, 1.165) is 11.3 Å². The Bertz CT molecular complexity index is 663. The van der Waals surface area contributed by atoms with Gasteiger partial charge in [-0.05, 0) is 36.8 Å². The Morgan fingerprint density at radius 3 is 2.46 bits per heavy atom. The van der Waals surface area contributed by atoms with Crippen LogP contribution in [0.25, 0.3) is 0 Å². The standard InChI is InChI=1S/C18H28N2O3S/c1-4-13-24(22,23)20-11-9-15(10-12-20)18(21)19-17-8-6-5-7-16(17)14(2)3/h5-8,14-15H,4,9-13H2,1-3H3,(H,19,21). The molecular weight excluding hydrogens is 324 g/mol. The minimum Gasteiger partial charge on any atom is -0.326 e. The first-order valence-electron chi connectivity index (χ1n) is 8.72. The van der Waals surface area contributed by atoms with Gasteiger partial charge in [0, 0.05) is 24.7 Å². The number of hydrogen-bond acceptors (Lipinski definition) is 3. The molecule has 0 spiro atoms. The number of carbonyl (C=O) groups excluding carboxylic acids is 1. The quantitative estimate of drug-likeness (QED) is 0.855. The van der Waals surface area contributed by atoms with Gasteiger partial charge in [-0.25, -0.2) is 12.7 Å². The van der Waals surface area contributed by atoms with Crippen LogP contribution in [-0.2, 0) is 14.8 Å². The summed E-state index contributed by atoms with van der Waals surface area (Å²) in [6.45, 7) is 6.94. The first-order valence-corrected chi connectivity index (χ1v) is 10.3. The van der Waals surface area contributed by atoms with E-state index in [1.165, 1.54) is 4.31 Å². The summed E-state index contributed by atoms with van der Waals surface area (Å²) in [4.78, 5) is 12.5. The zero-order valence-corrected chi connectivity index (χ0v) is 15.6. The monoisotopic (exact) mass is 352 g/mol. The van der Waals surface area contributed by atoms with E-state index < -0.39 is 10.0 Å². The highest BCUT2D eigenvalue weighted by atomic mass is 32.2. The number of benzene rings is 1. The van der Waals surface area contributed by atoms with E-state index in [9.17, 15) is 13.2 Å². The van der Waals surface area contributed by atoms with Crippen LogP contribution in [0.15, 0.2) is 24.3 Å². The number of carbonyl (C=O) groups is 1. The van der Waals surface area contributed by atoms with Crippen molar-refractivity contribution in [2.24, 2.45) is 5.92 Å². The molecule has 134 valence electrons. The number of nitrogens with zero attached hydrogens (tertiary/aromatic N) is 1. The third kappa shape index (κ3) is 4.57. The highest BCUT2D eigenvalue weighted by Gasteiger charge is 2.30. The lowest BCUT2D eigenvalue weighted by molar-refractivity contribution is -0.120. The molecule has 1 saturated heterocycles. The Hall–Kier alpha value is -1.40. The van der Waals surface area contributed by atoms with Crippen molar-refractivity contribution in [3.05, 3.63) is 29.8 Å². The molecule has 0 unspecified atom stereocenters. The second-order valence-corrected chi connectivity index (χ2v) is 8.81. The second-order valence-electron chi connectivity index (χ2n) is 6.72. The topological polar surface area (TPSA) is 66.5 Å². The summed E-state index contributed by atoms with van der Waals surface area (Å²) in [6, 6.07) is 7.85. The molecule has 0 radical (unpaired) electrons. The van der Waals surface area contributed by atoms with Gasteiger partial charge < -0.3 is 5.32 Å². The normalized spacial score (nSPS) is 17.2. The SMILES string of the molecule is CCCS(=O)(=O)N1CCC(C(=O)Nc2ccccc2C(C)C)CC1. The van der Waals surface area contributed by atoms with E-state index in [4.69, 9.17) is 0 Å². The van der Waals surface area contributed by atoms with Crippen LogP contribution in [0.3, 0.4) is 0 Å². The van der Waals surface area contributed by atoms with Gasteiger partial charge in [0.15, 0.2) is 0 Å². The van der Waals surface area contributed by atoms with Gasteiger partial charge in [0.1, 0.15) is 0 Å². The summed E-state index contributed by atoms with van der Waals surface area (Å²) in [6.07, 6.45) is 1.78. The Morgan fingerprint density at radius 1 is 1.25 bits per heavy atom. The Balaban J connectivity index is 1.97. The van der Waals surface area contributed by atoms with E-state index in [2.05, 4.69) is 19.2 Å². The van der Waals surface area contributed by atoms with Crippen LogP contribution in [0.4, 0.5) is 5.69 Å². The smallest absolute Gasteiger partial charge is 0.227 e. The van der Waals surface area contributed by atoms with Crippen molar-refractivity contribution in [3.63, 3.8) is 0 Å². The second kappa shape index (κ2) is 8.12. The van der Waals surface area contributed by atoms with Gasteiger partial charge in [-0.3, -0.25) is 4.79 Å². The first-order chi connectivity index (χ1) is 11.3. The molecule has 1 aliphatic rings. The van der Waals surface area contributed by atoms with Gasteiger partial charge in [-0.15, -0.1) is 0 Å². The van der Waals surface area contributed by atoms with Crippen molar-refractivity contribution in [3.8, 4) is 0 Å². The molecule has 0 atom stereocenters. The summed E-state index contributed by atoms with van der Waals surface area (Å²) in [7, 11) is -3.16. The number of piperidine rings is 1. The molecule has 6 heteroatoms. The third-order valence-electron chi connectivity index (χ3n) is 4.52. The maximum Gasteiger partial charge on any atom is 0.227 e. The molecule has 2 rings (SSSR count). The van der Waals surface area contributed by atoms with E-state index >= 15 is 0 Å². The number of anilines is 1. The van der Waals surface area contributed by atoms with Crippen molar-refractivity contribution in [2.75, 3.05) is 24.2 Å². The molecule has 1 amide bonds. The van der Waals surface area contributed by atoms with Gasteiger partial charge in [0.05, 0.1) is 5.75 Å². The van der Waals surface area contributed by atoms with Crippen molar-refractivity contribution in [1.29, 1.82) is 0 Å². The van der Waals surface area contributed by atoms with Crippen LogP contribution in [0, 0.1) is 5.92 Å². The molecular formula is C18H28N2O3S. The third-order valence-corrected chi connectivity index (χ3v) is 6.60. The number of rotatable bonds is 6. The highest BCUT2D eigenvalue weighted by Crippen LogP contribution is 2.26. The summed E-state index contributed by atoms with van der Waals surface area (Å²) in [5.41, 5.74) is 1.98. The maximum atomic E-state index is 12.5. The van der Waals surface area contributed by atoms with Gasteiger partial charge in [-0.1, -0.05) is 39.0 Å². The fourth-order valence-electron chi connectivity index (χ4n) is 3.13. The molecule has 1 heterocycles. The van der Waals surface area contributed by atoms with Crippen LogP contribution in [0.1, 0.15) is 51.5 Å². The van der Waals surface area contributed by atoms with Crippen LogP contribution in [0.2, 0.25) is 0 Å². The van der Waals surface area contributed by atoms with Crippen molar-refractivity contribution in [2.45, 2.75) is 46.0 Å². The lowest BCUT2D eigenvalue weighted by atomic mass is 9.96. The van der Waals surface area contributed by atoms with E-state index in [0.29, 0.717) is 38.3 Å². The number of nitrogens with one attached hydrogen (secondary N) is 1. The fourth-order valence-corrected chi connectivity index (χ4v) is 4.67. The molecule has 1 aliphatic heterocycles. The predicted molar refractivity (Wildman–Crippen MR) is 97.5 cm³/mol. The van der Waals surface area contributed by atoms with Crippen LogP contribution in [-0.4, -0.2) is 37.5 Å². The minimum absolute atomic E-state index is 0.00404. The van der Waals surface area contributed by atoms with E-state index in [-0.39, 0.29) is 17.6 Å². The lowest BCUT2D eigenvalue weighted by Gasteiger charge is -2.30. The van der Waals surface area contributed by atoms with Crippen molar-refractivity contribution in [1.82, 2.24) is 4.31 Å². The van der Waals surface area contributed by atoms with E-state index in [1.807, 2.05) is 31.2 Å². The van der Waals surface area contributed by atoms with Gasteiger partial charge in [0.25, 0.3) is 0 Å². The molecule has 1 N–H and O–H groups in total.